The molecule has 1 unspecified atom stereocenters. The Bertz CT molecular complexity index is 2870. The van der Waals surface area contributed by atoms with Crippen LogP contribution in [-0.2, 0) is 45.8 Å². The van der Waals surface area contributed by atoms with Gasteiger partial charge in [0.2, 0.25) is 11.6 Å². The van der Waals surface area contributed by atoms with Crippen molar-refractivity contribution in [3.63, 3.8) is 0 Å². The standard InChI is InChI=1S/C67H96F5N5O12S/c1-41-35-50-58(53(78)40-52(60(50)81)75-62(82)42(2)17-15-19-54(86-6)61(89-63(73)83)44(4)37-43(3)59(80)55(36-41)87-7)74-27-28-76-29-31-77(32-30-76)64(84)88-47-20-21-48-46(39-47)38-45(57-49(48)24-26-65(5)51(57)22-23-56(65)79)18-13-11-9-8-10-12-14-33-90(85)34-16-25-66(68,69)67(70,71)72/h15,17,19-21,37,39-41,43,45,49,51,54-57,59,61,74,79-80H,8-14,16,18,22-36,38H2,1-7H3,(H2,73,83)(H,75,82)/b19-15-,42-17-,44-37-/t41-,43+,45-,49-,51+,54+,55+,56+,57-,59+,61+,65+,90?/m1/s1. The summed E-state index contributed by atoms with van der Waals surface area (Å²) in [5, 5.41) is 28.7. The number of fused-ring (bicyclic) bond motifs is 7. The molecule has 23 heteroatoms. The summed E-state index contributed by atoms with van der Waals surface area (Å²) in [6.07, 6.45) is 7.31. The number of carbonyl (C=O) groups excluding carboxylic acids is 5. The van der Waals surface area contributed by atoms with Crippen LogP contribution in [0, 0.1) is 35.0 Å². The Morgan fingerprint density at radius 1 is 0.900 bits per heavy atom. The Hall–Kier alpha value is -5.33. The number of aliphatic hydroxyl groups is 2. The van der Waals surface area contributed by atoms with Crippen LogP contribution >= 0.6 is 0 Å². The number of alkyl halides is 5. The molecular formula is C67H96F5N5O12S. The van der Waals surface area contributed by atoms with Crippen molar-refractivity contribution in [1.29, 1.82) is 0 Å². The first-order valence-electron chi connectivity index (χ1n) is 32.3. The van der Waals surface area contributed by atoms with Crippen LogP contribution in [0.15, 0.2) is 76.7 Å². The van der Waals surface area contributed by atoms with Crippen LogP contribution in [0.4, 0.5) is 31.5 Å². The van der Waals surface area contributed by atoms with Crippen molar-refractivity contribution < 1.29 is 79.3 Å². The maximum Gasteiger partial charge on any atom is 0.453 e. The number of halogens is 5. The van der Waals surface area contributed by atoms with E-state index in [0.717, 1.165) is 83.1 Å². The summed E-state index contributed by atoms with van der Waals surface area (Å²) in [4.78, 5) is 71.5. The van der Waals surface area contributed by atoms with E-state index in [0.29, 0.717) is 79.9 Å². The largest absolute Gasteiger partial charge is 0.453 e. The molecule has 502 valence electrons. The zero-order valence-electron chi connectivity index (χ0n) is 53.4. The number of hydrogen-bond donors (Lipinski definition) is 5. The van der Waals surface area contributed by atoms with Crippen LogP contribution in [0.3, 0.4) is 0 Å². The number of rotatable bonds is 22. The first-order valence-corrected chi connectivity index (χ1v) is 33.8. The highest BCUT2D eigenvalue weighted by atomic mass is 32.2. The van der Waals surface area contributed by atoms with E-state index in [1.54, 1.807) is 43.9 Å². The van der Waals surface area contributed by atoms with Gasteiger partial charge >= 0.3 is 24.3 Å². The first-order chi connectivity index (χ1) is 42.7. The lowest BCUT2D eigenvalue weighted by Crippen LogP contribution is -2.51. The number of benzene rings is 1. The summed E-state index contributed by atoms with van der Waals surface area (Å²) in [6.45, 7) is 11.9. The molecule has 3 fully saturated rings. The molecule has 90 heavy (non-hydrogen) atoms. The number of hydrogen-bond acceptors (Lipinski definition) is 14. The maximum atomic E-state index is 14.3. The highest BCUT2D eigenvalue weighted by molar-refractivity contribution is 7.84. The smallest absolute Gasteiger partial charge is 0.439 e. The van der Waals surface area contributed by atoms with E-state index >= 15 is 0 Å². The number of nitrogens with one attached hydrogen (secondary N) is 2. The normalized spacial score (nSPS) is 31.0. The molecule has 7 rings (SSSR count). The van der Waals surface area contributed by atoms with Crippen molar-refractivity contribution >= 4 is 40.5 Å². The van der Waals surface area contributed by atoms with Crippen LogP contribution in [0.1, 0.15) is 154 Å². The van der Waals surface area contributed by atoms with E-state index < -0.39 is 95.7 Å². The predicted octanol–water partition coefficient (Wildman–Crippen LogP) is 10.5. The highest BCUT2D eigenvalue weighted by Crippen LogP contribution is 2.63. The predicted molar refractivity (Wildman–Crippen MR) is 333 cm³/mol. The topological polar surface area (TPSA) is 236 Å². The fourth-order valence-corrected chi connectivity index (χ4v) is 16.0. The van der Waals surface area contributed by atoms with Gasteiger partial charge in [-0.2, -0.15) is 22.0 Å². The number of nitrogens with two attached hydrogens (primary N) is 1. The van der Waals surface area contributed by atoms with Crippen LogP contribution in [0.25, 0.3) is 0 Å². The van der Waals surface area contributed by atoms with Crippen molar-refractivity contribution in [1.82, 2.24) is 20.4 Å². The maximum absolute atomic E-state index is 14.3. The molecule has 0 spiro atoms. The Labute approximate surface area is 529 Å². The number of ketones is 2. The van der Waals surface area contributed by atoms with Crippen molar-refractivity contribution in [2.45, 2.75) is 192 Å². The molecule has 6 aliphatic rings. The van der Waals surface area contributed by atoms with Gasteiger partial charge in [-0.1, -0.05) is 89.7 Å². The average Bonchev–Trinajstić information content (AvgIpc) is 1.39. The van der Waals surface area contributed by atoms with E-state index in [2.05, 4.69) is 28.5 Å². The van der Waals surface area contributed by atoms with Gasteiger partial charge in [0.15, 0.2) is 6.10 Å². The molecule has 4 aliphatic carbocycles. The van der Waals surface area contributed by atoms with E-state index in [-0.39, 0.29) is 65.1 Å². The third-order valence-electron chi connectivity index (χ3n) is 19.9. The molecule has 1 aromatic carbocycles. The fourth-order valence-electron chi connectivity index (χ4n) is 14.8. The number of methoxy groups -OCH3 is 2. The molecule has 0 radical (unpaired) electrons. The van der Waals surface area contributed by atoms with E-state index in [4.69, 9.17) is 24.7 Å². The molecule has 2 heterocycles. The minimum Gasteiger partial charge on any atom is -0.439 e. The minimum absolute atomic E-state index is 0.111. The summed E-state index contributed by atoms with van der Waals surface area (Å²) in [5.41, 5.74) is 8.72. The molecule has 0 aromatic heterocycles. The Kier molecular flexibility index (Phi) is 26.0. The number of aliphatic hydroxyl groups excluding tert-OH is 2. The highest BCUT2D eigenvalue weighted by Gasteiger charge is 2.58. The summed E-state index contributed by atoms with van der Waals surface area (Å²) in [5.74, 6) is -4.99. The average molecular weight is 1290 g/mol. The van der Waals surface area contributed by atoms with Crippen molar-refractivity contribution in [3.8, 4) is 5.75 Å². The van der Waals surface area contributed by atoms with Gasteiger partial charge in [-0.15, -0.1) is 0 Å². The molecule has 6 N–H and O–H groups in total. The summed E-state index contributed by atoms with van der Waals surface area (Å²) >= 11 is 0. The van der Waals surface area contributed by atoms with E-state index in [9.17, 15) is 60.3 Å². The number of piperazine rings is 1. The Morgan fingerprint density at radius 2 is 1.59 bits per heavy atom. The van der Waals surface area contributed by atoms with Gasteiger partial charge in [-0.3, -0.25) is 23.5 Å². The van der Waals surface area contributed by atoms with Crippen LogP contribution < -0.4 is 21.1 Å². The zero-order chi connectivity index (χ0) is 65.7. The number of primary amides is 1. The molecule has 2 bridgehead atoms. The van der Waals surface area contributed by atoms with Crippen LogP contribution in [0.2, 0.25) is 0 Å². The minimum atomic E-state index is -5.59. The molecule has 13 atom stereocenters. The number of nitrogens with zero attached hydrogens (tertiary/aromatic N) is 2. The van der Waals surface area contributed by atoms with Gasteiger partial charge in [-0.25, -0.2) is 9.59 Å². The Morgan fingerprint density at radius 3 is 2.27 bits per heavy atom. The number of ether oxygens (including phenoxy) is 4. The van der Waals surface area contributed by atoms with Crippen molar-refractivity contribution in [3.05, 3.63) is 87.8 Å². The van der Waals surface area contributed by atoms with Gasteiger partial charge in [0.25, 0.3) is 5.91 Å². The lowest BCUT2D eigenvalue weighted by Gasteiger charge is -2.53. The second kappa shape index (κ2) is 32.5. The number of allylic oxidation sites excluding steroid dienone is 4. The monoisotopic (exact) mass is 1290 g/mol. The number of carbonyl (C=O) groups is 5. The van der Waals surface area contributed by atoms with Gasteiger partial charge in [0.1, 0.15) is 11.9 Å². The quantitative estimate of drug-likeness (QED) is 0.0314. The van der Waals surface area contributed by atoms with E-state index in [1.807, 2.05) is 19.1 Å². The third kappa shape index (κ3) is 18.5. The van der Waals surface area contributed by atoms with Gasteiger partial charge in [0.05, 0.1) is 29.7 Å². The third-order valence-corrected chi connectivity index (χ3v) is 21.4. The molecule has 2 saturated carbocycles. The first kappa shape index (κ1) is 72.1. The van der Waals surface area contributed by atoms with Crippen molar-refractivity contribution in [2.75, 3.05) is 65.0 Å². The van der Waals surface area contributed by atoms with Crippen LogP contribution in [-0.4, -0.2) is 161 Å². The molecule has 1 saturated heterocycles. The van der Waals surface area contributed by atoms with E-state index in [1.165, 1.54) is 31.4 Å². The molecule has 2 aliphatic heterocycles. The SMILES string of the molecule is CO[C@H]1/C=C\C=C(\C)C(=O)NC2=CC(=O)C(NCCN3CCN(C(=O)Oc4ccc5c(c4)C[C@@H](CCCCCCCCCS(=O)CCCC(F)(F)C(F)(F)F)[C@@H]4[C@@H]5CC[C@]5(C)[C@@H](O)CC[C@@H]45)CC3)=C(C[C@@H](C)C[C@H](OC)[C@@H](O)[C@@H](C)/C=C(/C)[C@@H]1OC(N)=O)C2=O. The number of amides is 3. The zero-order valence-corrected chi connectivity index (χ0v) is 54.2. The molecular weight excluding hydrogens is 1190 g/mol. The Balaban J connectivity index is 0.924. The second-order valence-electron chi connectivity index (χ2n) is 26.2. The molecule has 17 nitrogen and oxygen atoms in total. The van der Waals surface area contributed by atoms with Crippen LogP contribution in [0.5, 0.6) is 5.75 Å². The molecule has 3 amide bonds. The number of Topliss-reactive ketones (excluding diaryl/α,β-unsaturated/α-hetero) is 1. The number of unbranched alkanes of at least 4 members (excludes halogenated alkanes) is 6. The van der Waals surface area contributed by atoms with Gasteiger partial charge in [0, 0.05) is 105 Å². The second-order valence-corrected chi connectivity index (χ2v) is 27.9. The fraction of sp³-hybridized carbons (Fsp3) is 0.687. The lowest BCUT2D eigenvalue weighted by atomic mass is 9.52. The summed E-state index contributed by atoms with van der Waals surface area (Å²) < 4.78 is 99.1. The van der Waals surface area contributed by atoms with Gasteiger partial charge in [-0.05, 0) is 142 Å². The lowest BCUT2D eigenvalue weighted by molar-refractivity contribution is -0.284. The van der Waals surface area contributed by atoms with Gasteiger partial charge < -0.3 is 50.4 Å². The van der Waals surface area contributed by atoms with Crippen molar-refractivity contribution in [2.24, 2.45) is 40.7 Å². The summed E-state index contributed by atoms with van der Waals surface area (Å²) in [6, 6.07) is 6.10. The summed E-state index contributed by atoms with van der Waals surface area (Å²) in [7, 11) is 1.47. The molecule has 1 aromatic rings.